The Hall–Kier alpha value is -0.650. The first-order chi connectivity index (χ1) is 9.20. The molecule has 6 heteroatoms. The standard InChI is InChI=1S/C13H16BrClN2O2/c14-10-1-2-12(16-9-10)13(18)17-6-3-11(4-7-17)19-8-5-15/h1-2,9,11H,3-8H2. The molecule has 0 saturated carbocycles. The lowest BCUT2D eigenvalue weighted by Gasteiger charge is -2.31. The molecular weight excluding hydrogens is 332 g/mol. The maximum Gasteiger partial charge on any atom is 0.272 e. The summed E-state index contributed by atoms with van der Waals surface area (Å²) >= 11 is 8.90. The van der Waals surface area contributed by atoms with Gasteiger partial charge in [0.15, 0.2) is 0 Å². The molecule has 1 saturated heterocycles. The van der Waals surface area contributed by atoms with Crippen LogP contribution in [-0.4, -0.2) is 47.5 Å². The van der Waals surface area contributed by atoms with Crippen LogP contribution in [0.1, 0.15) is 23.3 Å². The molecule has 0 unspecified atom stereocenters. The van der Waals surface area contributed by atoms with Crippen LogP contribution in [0, 0.1) is 0 Å². The maximum absolute atomic E-state index is 12.2. The number of rotatable bonds is 4. The van der Waals surface area contributed by atoms with Crippen LogP contribution in [0.25, 0.3) is 0 Å². The number of aromatic nitrogens is 1. The van der Waals surface area contributed by atoms with Gasteiger partial charge in [-0.05, 0) is 40.9 Å². The van der Waals surface area contributed by atoms with E-state index in [9.17, 15) is 4.79 Å². The molecular formula is C13H16BrClN2O2. The second-order valence-corrected chi connectivity index (χ2v) is 5.71. The van der Waals surface area contributed by atoms with Crippen molar-refractivity contribution in [1.29, 1.82) is 0 Å². The van der Waals surface area contributed by atoms with Gasteiger partial charge < -0.3 is 9.64 Å². The molecule has 0 aromatic carbocycles. The fourth-order valence-corrected chi connectivity index (χ4v) is 2.42. The summed E-state index contributed by atoms with van der Waals surface area (Å²) in [6.45, 7) is 2.00. The van der Waals surface area contributed by atoms with Gasteiger partial charge in [-0.2, -0.15) is 0 Å². The summed E-state index contributed by atoms with van der Waals surface area (Å²) in [6.07, 6.45) is 3.59. The van der Waals surface area contributed by atoms with E-state index in [-0.39, 0.29) is 12.0 Å². The van der Waals surface area contributed by atoms with Crippen LogP contribution in [0.5, 0.6) is 0 Å². The van der Waals surface area contributed by atoms with Crippen molar-refractivity contribution in [3.63, 3.8) is 0 Å². The molecule has 2 rings (SSSR count). The number of piperidine rings is 1. The van der Waals surface area contributed by atoms with E-state index in [1.165, 1.54) is 0 Å². The van der Waals surface area contributed by atoms with Crippen LogP contribution in [0.4, 0.5) is 0 Å². The van der Waals surface area contributed by atoms with Gasteiger partial charge in [-0.15, -0.1) is 11.6 Å². The molecule has 1 aliphatic rings. The van der Waals surface area contributed by atoms with E-state index >= 15 is 0 Å². The van der Waals surface area contributed by atoms with Gasteiger partial charge in [-0.3, -0.25) is 4.79 Å². The predicted octanol–water partition coefficient (Wildman–Crippen LogP) is 2.70. The summed E-state index contributed by atoms with van der Waals surface area (Å²) in [4.78, 5) is 18.2. The van der Waals surface area contributed by atoms with Crippen LogP contribution < -0.4 is 0 Å². The third-order valence-corrected chi connectivity index (χ3v) is 3.73. The van der Waals surface area contributed by atoms with Crippen molar-refractivity contribution in [2.75, 3.05) is 25.6 Å². The van der Waals surface area contributed by atoms with E-state index in [2.05, 4.69) is 20.9 Å². The lowest BCUT2D eigenvalue weighted by atomic mass is 10.1. The number of hydrogen-bond donors (Lipinski definition) is 0. The highest BCUT2D eigenvalue weighted by Gasteiger charge is 2.24. The molecule has 0 atom stereocenters. The van der Waals surface area contributed by atoms with Crippen molar-refractivity contribution in [2.45, 2.75) is 18.9 Å². The third-order valence-electron chi connectivity index (χ3n) is 3.11. The number of likely N-dealkylation sites (tertiary alicyclic amines) is 1. The summed E-state index contributed by atoms with van der Waals surface area (Å²) in [7, 11) is 0. The number of ether oxygens (including phenoxy) is 1. The number of pyridine rings is 1. The number of nitrogens with zero attached hydrogens (tertiary/aromatic N) is 2. The zero-order chi connectivity index (χ0) is 13.7. The Balaban J connectivity index is 1.87. The van der Waals surface area contributed by atoms with Crippen molar-refractivity contribution >= 4 is 33.4 Å². The topological polar surface area (TPSA) is 42.4 Å². The van der Waals surface area contributed by atoms with Crippen molar-refractivity contribution in [1.82, 2.24) is 9.88 Å². The Morgan fingerprint density at radius 2 is 2.21 bits per heavy atom. The number of halogens is 2. The van der Waals surface area contributed by atoms with Gasteiger partial charge in [0, 0.05) is 29.6 Å². The van der Waals surface area contributed by atoms with E-state index in [1.54, 1.807) is 12.3 Å². The zero-order valence-electron chi connectivity index (χ0n) is 10.5. The van der Waals surface area contributed by atoms with E-state index in [1.807, 2.05) is 11.0 Å². The maximum atomic E-state index is 12.2. The lowest BCUT2D eigenvalue weighted by molar-refractivity contribution is 0.0152. The van der Waals surface area contributed by atoms with Crippen LogP contribution in [0.3, 0.4) is 0 Å². The van der Waals surface area contributed by atoms with Crippen LogP contribution in [0.15, 0.2) is 22.8 Å². The van der Waals surface area contributed by atoms with Crippen molar-refractivity contribution in [2.24, 2.45) is 0 Å². The molecule has 0 aliphatic carbocycles. The molecule has 1 aromatic heterocycles. The Bertz CT molecular complexity index is 419. The molecule has 0 N–H and O–H groups in total. The highest BCUT2D eigenvalue weighted by atomic mass is 79.9. The highest BCUT2D eigenvalue weighted by molar-refractivity contribution is 9.10. The van der Waals surface area contributed by atoms with Crippen molar-refractivity contribution in [3.8, 4) is 0 Å². The van der Waals surface area contributed by atoms with E-state index < -0.39 is 0 Å². The molecule has 4 nitrogen and oxygen atoms in total. The lowest BCUT2D eigenvalue weighted by Crippen LogP contribution is -2.41. The molecule has 0 radical (unpaired) electrons. The van der Waals surface area contributed by atoms with Gasteiger partial charge in [-0.1, -0.05) is 0 Å². The second kappa shape index (κ2) is 7.22. The number of amides is 1. The molecule has 1 amide bonds. The number of hydrogen-bond acceptors (Lipinski definition) is 3. The van der Waals surface area contributed by atoms with E-state index in [0.717, 1.165) is 17.3 Å². The van der Waals surface area contributed by atoms with Gasteiger partial charge in [-0.25, -0.2) is 4.98 Å². The monoisotopic (exact) mass is 346 g/mol. The van der Waals surface area contributed by atoms with Gasteiger partial charge in [0.1, 0.15) is 5.69 Å². The average molecular weight is 348 g/mol. The molecule has 0 spiro atoms. The first kappa shape index (κ1) is 14.8. The minimum Gasteiger partial charge on any atom is -0.377 e. The van der Waals surface area contributed by atoms with E-state index in [0.29, 0.717) is 31.3 Å². The smallest absolute Gasteiger partial charge is 0.272 e. The zero-order valence-corrected chi connectivity index (χ0v) is 12.9. The normalized spacial score (nSPS) is 16.6. The predicted molar refractivity (Wildman–Crippen MR) is 77.5 cm³/mol. The second-order valence-electron chi connectivity index (χ2n) is 4.41. The van der Waals surface area contributed by atoms with Crippen LogP contribution in [0.2, 0.25) is 0 Å². The Kier molecular flexibility index (Phi) is 5.60. The first-order valence-electron chi connectivity index (χ1n) is 6.29. The fraction of sp³-hybridized carbons (Fsp3) is 0.538. The SMILES string of the molecule is O=C(c1ccc(Br)cn1)N1CCC(OCCCl)CC1. The Morgan fingerprint density at radius 3 is 2.79 bits per heavy atom. The average Bonchev–Trinajstić information content (AvgIpc) is 2.46. The Morgan fingerprint density at radius 1 is 1.47 bits per heavy atom. The fourth-order valence-electron chi connectivity index (χ4n) is 2.10. The third kappa shape index (κ3) is 4.16. The summed E-state index contributed by atoms with van der Waals surface area (Å²) in [5, 5.41) is 0. The summed E-state index contributed by atoms with van der Waals surface area (Å²) < 4.78 is 6.46. The minimum atomic E-state index is -0.0108. The number of alkyl halides is 1. The molecule has 0 bridgehead atoms. The molecule has 1 fully saturated rings. The van der Waals surface area contributed by atoms with Gasteiger partial charge >= 0.3 is 0 Å². The van der Waals surface area contributed by atoms with Crippen LogP contribution in [-0.2, 0) is 4.74 Å². The van der Waals surface area contributed by atoms with Gasteiger partial charge in [0.05, 0.1) is 12.7 Å². The quantitative estimate of drug-likeness (QED) is 0.787. The number of carbonyl (C=O) groups is 1. The van der Waals surface area contributed by atoms with Crippen LogP contribution >= 0.6 is 27.5 Å². The molecule has 1 aliphatic heterocycles. The summed E-state index contributed by atoms with van der Waals surface area (Å²) in [5.41, 5.74) is 0.489. The molecule has 104 valence electrons. The largest absolute Gasteiger partial charge is 0.377 e. The number of carbonyl (C=O) groups excluding carboxylic acids is 1. The molecule has 1 aromatic rings. The highest BCUT2D eigenvalue weighted by Crippen LogP contribution is 2.16. The van der Waals surface area contributed by atoms with Crippen molar-refractivity contribution < 1.29 is 9.53 Å². The first-order valence-corrected chi connectivity index (χ1v) is 7.62. The van der Waals surface area contributed by atoms with Crippen molar-refractivity contribution in [3.05, 3.63) is 28.5 Å². The Labute approximate surface area is 126 Å². The summed E-state index contributed by atoms with van der Waals surface area (Å²) in [5.74, 6) is 0.505. The minimum absolute atomic E-state index is 0.0108. The molecule has 2 heterocycles. The van der Waals surface area contributed by atoms with Gasteiger partial charge in [0.2, 0.25) is 0 Å². The van der Waals surface area contributed by atoms with E-state index in [4.69, 9.17) is 16.3 Å². The van der Waals surface area contributed by atoms with Gasteiger partial charge in [0.25, 0.3) is 5.91 Å². The molecule has 19 heavy (non-hydrogen) atoms. The summed E-state index contributed by atoms with van der Waals surface area (Å²) in [6, 6.07) is 3.57.